The molecular formula is C19H18F3N2O3+. The molecule has 8 heteroatoms. The summed E-state index contributed by atoms with van der Waals surface area (Å²) in [6.45, 7) is 0.171. The van der Waals surface area contributed by atoms with Crippen molar-refractivity contribution in [3.63, 3.8) is 0 Å². The number of halogens is 3. The summed E-state index contributed by atoms with van der Waals surface area (Å²) in [4.78, 5) is 25.9. The Kier molecular flexibility index (Phi) is 5.18. The van der Waals surface area contributed by atoms with Crippen molar-refractivity contribution in [1.82, 2.24) is 0 Å². The molecule has 1 aliphatic heterocycles. The number of benzene rings is 2. The van der Waals surface area contributed by atoms with E-state index < -0.39 is 17.8 Å². The number of rotatable bonds is 5. The van der Waals surface area contributed by atoms with Crippen molar-refractivity contribution in [2.45, 2.75) is 25.2 Å². The van der Waals surface area contributed by atoms with Crippen LogP contribution in [0.2, 0.25) is 0 Å². The Bertz CT molecular complexity index is 850. The van der Waals surface area contributed by atoms with E-state index in [1.807, 2.05) is 0 Å². The molecule has 1 saturated heterocycles. The Labute approximate surface area is 153 Å². The fourth-order valence-corrected chi connectivity index (χ4v) is 3.00. The van der Waals surface area contributed by atoms with Gasteiger partial charge in [0.25, 0.3) is 5.91 Å². The van der Waals surface area contributed by atoms with Gasteiger partial charge in [-0.3, -0.25) is 9.59 Å². The van der Waals surface area contributed by atoms with E-state index in [1.54, 1.807) is 35.6 Å². The number of methoxy groups -OCH3 is 1. The molecule has 1 aliphatic rings. The van der Waals surface area contributed by atoms with Gasteiger partial charge in [0.05, 0.1) is 24.8 Å². The molecule has 0 saturated carbocycles. The third kappa shape index (κ3) is 4.11. The Morgan fingerprint density at radius 3 is 2.48 bits per heavy atom. The van der Waals surface area contributed by atoms with E-state index in [9.17, 15) is 22.8 Å². The molecule has 0 bridgehead atoms. The number of alkyl halides is 3. The molecule has 0 aromatic heterocycles. The van der Waals surface area contributed by atoms with Crippen LogP contribution in [-0.2, 0) is 22.3 Å². The minimum absolute atomic E-state index is 0.00379. The Morgan fingerprint density at radius 2 is 1.85 bits per heavy atom. The average Bonchev–Trinajstić information content (AvgIpc) is 2.93. The molecular weight excluding hydrogens is 361 g/mol. The van der Waals surface area contributed by atoms with Gasteiger partial charge < -0.3 is 10.1 Å². The van der Waals surface area contributed by atoms with Crippen LogP contribution >= 0.6 is 0 Å². The Morgan fingerprint density at radius 1 is 1.15 bits per heavy atom. The first kappa shape index (κ1) is 18.9. The van der Waals surface area contributed by atoms with E-state index >= 15 is 0 Å². The molecule has 0 unspecified atom stereocenters. The second kappa shape index (κ2) is 7.40. The summed E-state index contributed by atoms with van der Waals surface area (Å²) < 4.78 is 43.4. The Balaban J connectivity index is 1.68. The summed E-state index contributed by atoms with van der Waals surface area (Å²) in [6, 6.07) is 10.8. The predicted octanol–water partition coefficient (Wildman–Crippen LogP) is 2.11. The monoisotopic (exact) mass is 379 g/mol. The zero-order valence-corrected chi connectivity index (χ0v) is 14.5. The molecule has 2 N–H and O–H groups in total. The Hall–Kier alpha value is -2.87. The lowest BCUT2D eigenvalue weighted by Crippen LogP contribution is -2.90. The second-order valence-corrected chi connectivity index (χ2v) is 6.21. The van der Waals surface area contributed by atoms with Crippen molar-refractivity contribution < 1.29 is 32.8 Å². The van der Waals surface area contributed by atoms with E-state index in [0.717, 1.165) is 17.0 Å². The molecule has 2 amide bonds. The maximum absolute atomic E-state index is 12.8. The minimum Gasteiger partial charge on any atom is -0.497 e. The molecule has 5 nitrogen and oxygen atoms in total. The maximum Gasteiger partial charge on any atom is 0.416 e. The molecule has 3 rings (SSSR count). The van der Waals surface area contributed by atoms with Gasteiger partial charge in [0.15, 0.2) is 6.04 Å². The van der Waals surface area contributed by atoms with E-state index in [1.165, 1.54) is 13.2 Å². The smallest absolute Gasteiger partial charge is 0.416 e. The molecule has 1 atom stereocenters. The normalized spacial score (nSPS) is 17.5. The highest BCUT2D eigenvalue weighted by molar-refractivity contribution is 6.21. The number of imide groups is 1. The number of hydrogen-bond acceptors (Lipinski definition) is 3. The summed E-state index contributed by atoms with van der Waals surface area (Å²) in [5.41, 5.74) is 0.149. The van der Waals surface area contributed by atoms with Crippen molar-refractivity contribution in [2.24, 2.45) is 0 Å². The highest BCUT2D eigenvalue weighted by Gasteiger charge is 2.42. The summed E-state index contributed by atoms with van der Waals surface area (Å²) in [5.74, 6) is -0.113. The lowest BCUT2D eigenvalue weighted by molar-refractivity contribution is -0.690. The van der Waals surface area contributed by atoms with E-state index in [2.05, 4.69) is 0 Å². The van der Waals surface area contributed by atoms with Crippen LogP contribution in [0.3, 0.4) is 0 Å². The summed E-state index contributed by atoms with van der Waals surface area (Å²) in [7, 11) is 1.51. The molecule has 142 valence electrons. The van der Waals surface area contributed by atoms with Crippen molar-refractivity contribution in [2.75, 3.05) is 12.0 Å². The first-order chi connectivity index (χ1) is 12.8. The van der Waals surface area contributed by atoms with Gasteiger partial charge in [-0.2, -0.15) is 13.2 Å². The maximum atomic E-state index is 12.8. The molecule has 0 radical (unpaired) electrons. The van der Waals surface area contributed by atoms with Gasteiger partial charge in [-0.1, -0.05) is 12.1 Å². The zero-order chi connectivity index (χ0) is 19.6. The van der Waals surface area contributed by atoms with Gasteiger partial charge in [-0.15, -0.1) is 0 Å². The van der Waals surface area contributed by atoms with Gasteiger partial charge in [0.2, 0.25) is 5.91 Å². The number of carbonyl (C=O) groups is 2. The van der Waals surface area contributed by atoms with Crippen LogP contribution in [0.5, 0.6) is 5.75 Å². The number of carbonyl (C=O) groups excluding carboxylic acids is 2. The topological polar surface area (TPSA) is 63.2 Å². The number of ether oxygens (including phenoxy) is 1. The third-order valence-electron chi connectivity index (χ3n) is 4.40. The quantitative estimate of drug-likeness (QED) is 0.810. The average molecular weight is 379 g/mol. The van der Waals surface area contributed by atoms with Gasteiger partial charge in [-0.25, -0.2) is 4.90 Å². The molecule has 1 fully saturated rings. The largest absolute Gasteiger partial charge is 0.497 e. The standard InChI is InChI=1S/C19H17F3N2O3/c1-27-15-7-5-14(6-8-15)24-17(25)10-16(18(24)26)23-11-12-3-2-4-13(9-12)19(20,21)22/h2-9,16,23H,10-11H2,1H3/p+1/t16-/m1/s1. The zero-order valence-electron chi connectivity index (χ0n) is 14.5. The van der Waals surface area contributed by atoms with Crippen LogP contribution in [-0.4, -0.2) is 25.0 Å². The van der Waals surface area contributed by atoms with Crippen molar-refractivity contribution in [1.29, 1.82) is 0 Å². The molecule has 27 heavy (non-hydrogen) atoms. The van der Waals surface area contributed by atoms with Crippen molar-refractivity contribution in [3.8, 4) is 5.75 Å². The lowest BCUT2D eigenvalue weighted by atomic mass is 10.1. The van der Waals surface area contributed by atoms with Gasteiger partial charge in [0.1, 0.15) is 12.3 Å². The van der Waals surface area contributed by atoms with Crippen LogP contribution in [0.1, 0.15) is 17.5 Å². The number of hydrogen-bond donors (Lipinski definition) is 1. The third-order valence-corrected chi connectivity index (χ3v) is 4.40. The minimum atomic E-state index is -4.42. The summed E-state index contributed by atoms with van der Waals surface area (Å²) in [6.07, 6.45) is -4.41. The number of anilines is 1. The van der Waals surface area contributed by atoms with E-state index in [4.69, 9.17) is 4.74 Å². The SMILES string of the molecule is COc1ccc(N2C(=O)C[C@@H]([NH2+]Cc3cccc(C(F)(F)F)c3)C2=O)cc1. The van der Waals surface area contributed by atoms with Gasteiger partial charge in [-0.05, 0) is 36.4 Å². The molecule has 0 spiro atoms. The molecule has 1 heterocycles. The predicted molar refractivity (Wildman–Crippen MR) is 91.0 cm³/mol. The van der Waals surface area contributed by atoms with Crippen molar-refractivity contribution >= 4 is 17.5 Å². The van der Waals surface area contributed by atoms with Gasteiger partial charge >= 0.3 is 6.18 Å². The fourth-order valence-electron chi connectivity index (χ4n) is 3.00. The highest BCUT2D eigenvalue weighted by Crippen LogP contribution is 2.29. The first-order valence-corrected chi connectivity index (χ1v) is 8.30. The van der Waals surface area contributed by atoms with Crippen LogP contribution in [0.25, 0.3) is 0 Å². The fraction of sp³-hybridized carbons (Fsp3) is 0.263. The second-order valence-electron chi connectivity index (χ2n) is 6.21. The number of amides is 2. The lowest BCUT2D eigenvalue weighted by Gasteiger charge is -2.14. The van der Waals surface area contributed by atoms with Crippen LogP contribution in [0.15, 0.2) is 48.5 Å². The number of quaternary nitrogens is 1. The molecule has 0 aliphatic carbocycles. The van der Waals surface area contributed by atoms with Crippen molar-refractivity contribution in [3.05, 3.63) is 59.7 Å². The molecule has 2 aromatic rings. The first-order valence-electron chi connectivity index (χ1n) is 8.30. The van der Waals surface area contributed by atoms with E-state index in [-0.39, 0.29) is 24.8 Å². The number of nitrogens with zero attached hydrogens (tertiary/aromatic N) is 1. The van der Waals surface area contributed by atoms with E-state index in [0.29, 0.717) is 17.0 Å². The van der Waals surface area contributed by atoms with Crippen LogP contribution in [0, 0.1) is 0 Å². The number of nitrogens with two attached hydrogens (primary N) is 1. The summed E-state index contributed by atoms with van der Waals surface area (Å²) >= 11 is 0. The highest BCUT2D eigenvalue weighted by atomic mass is 19.4. The van der Waals surface area contributed by atoms with Crippen LogP contribution in [0.4, 0.5) is 18.9 Å². The van der Waals surface area contributed by atoms with Gasteiger partial charge in [0, 0.05) is 5.56 Å². The van der Waals surface area contributed by atoms with Crippen LogP contribution < -0.4 is 15.0 Å². The summed E-state index contributed by atoms with van der Waals surface area (Å²) in [5, 5.41) is 1.60. The molecule has 2 aromatic carbocycles.